The van der Waals surface area contributed by atoms with E-state index in [9.17, 15) is 18.0 Å². The van der Waals surface area contributed by atoms with Crippen LogP contribution in [0.25, 0.3) is 16.9 Å². The number of anilines is 1. The molecule has 2 saturated heterocycles. The number of fused-ring (bicyclic) bond motifs is 2. The van der Waals surface area contributed by atoms with E-state index >= 15 is 0 Å². The molecule has 0 saturated carbocycles. The third kappa shape index (κ3) is 5.24. The van der Waals surface area contributed by atoms with Crippen LogP contribution >= 0.6 is 0 Å². The summed E-state index contributed by atoms with van der Waals surface area (Å²) in [7, 11) is 3.93. The number of likely N-dealkylation sites (tertiary alicyclic amines) is 2. The fourth-order valence-electron chi connectivity index (χ4n) is 5.85. The first-order valence-corrected chi connectivity index (χ1v) is 13.5. The van der Waals surface area contributed by atoms with E-state index in [2.05, 4.69) is 37.6 Å². The Balaban J connectivity index is 1.24. The molecule has 2 aliphatic rings. The van der Waals surface area contributed by atoms with Crippen LogP contribution in [0.3, 0.4) is 0 Å². The zero-order valence-corrected chi connectivity index (χ0v) is 23.3. The lowest BCUT2D eigenvalue weighted by molar-refractivity contribution is -0.137. The SMILES string of the molecule is Cc1ccc(C(=O)Nc2cc(CN3CC4CC3CN4C)cc(C(F)(F)F)c2)cc1-n1cc(-c2cnn(C)c2C)nn1. The minimum absolute atomic E-state index is 0.110. The molecule has 9 nitrogen and oxygen atoms in total. The van der Waals surface area contributed by atoms with E-state index in [4.69, 9.17) is 0 Å². The molecule has 41 heavy (non-hydrogen) atoms. The molecule has 12 heteroatoms. The molecule has 0 aliphatic carbocycles. The van der Waals surface area contributed by atoms with E-state index in [0.717, 1.165) is 42.4 Å². The summed E-state index contributed by atoms with van der Waals surface area (Å²) in [6.45, 7) is 5.97. The second-order valence-corrected chi connectivity index (χ2v) is 11.1. The van der Waals surface area contributed by atoms with Gasteiger partial charge in [-0.2, -0.15) is 18.3 Å². The summed E-state index contributed by atoms with van der Waals surface area (Å²) in [6, 6.07) is 9.66. The number of halogens is 3. The maximum atomic E-state index is 13.8. The summed E-state index contributed by atoms with van der Waals surface area (Å²) in [5.74, 6) is -0.512. The molecule has 2 fully saturated rings. The van der Waals surface area contributed by atoms with Gasteiger partial charge in [-0.25, -0.2) is 4.68 Å². The molecule has 6 rings (SSSR count). The largest absolute Gasteiger partial charge is 0.416 e. The summed E-state index contributed by atoms with van der Waals surface area (Å²) in [5.41, 5.74) is 4.06. The second-order valence-electron chi connectivity index (χ2n) is 11.1. The lowest BCUT2D eigenvalue weighted by atomic mass is 10.1. The molecule has 2 aromatic heterocycles. The van der Waals surface area contributed by atoms with Crippen molar-refractivity contribution >= 4 is 11.6 Å². The molecule has 0 spiro atoms. The van der Waals surface area contributed by atoms with Gasteiger partial charge in [0.15, 0.2) is 0 Å². The van der Waals surface area contributed by atoms with E-state index in [0.29, 0.717) is 41.1 Å². The number of alkyl halides is 3. The Morgan fingerprint density at radius 2 is 1.88 bits per heavy atom. The van der Waals surface area contributed by atoms with Crippen molar-refractivity contribution in [2.45, 2.75) is 45.1 Å². The summed E-state index contributed by atoms with van der Waals surface area (Å²) < 4.78 is 44.7. The van der Waals surface area contributed by atoms with Crippen molar-refractivity contribution in [1.29, 1.82) is 0 Å². The lowest BCUT2D eigenvalue weighted by Crippen LogP contribution is -2.43. The van der Waals surface area contributed by atoms with Crippen molar-refractivity contribution in [2.24, 2.45) is 7.05 Å². The number of rotatable bonds is 6. The summed E-state index contributed by atoms with van der Waals surface area (Å²) in [6.07, 6.45) is -0.0234. The van der Waals surface area contributed by atoms with Gasteiger partial charge in [-0.15, -0.1) is 5.10 Å². The number of nitrogens with zero attached hydrogens (tertiary/aromatic N) is 7. The molecule has 1 N–H and O–H groups in total. The van der Waals surface area contributed by atoms with Crippen LogP contribution in [-0.4, -0.2) is 72.7 Å². The molecule has 0 radical (unpaired) electrons. The highest BCUT2D eigenvalue weighted by Gasteiger charge is 2.41. The van der Waals surface area contributed by atoms with E-state index in [1.807, 2.05) is 20.9 Å². The number of aryl methyl sites for hydroxylation is 2. The quantitative estimate of drug-likeness (QED) is 0.373. The Kier molecular flexibility index (Phi) is 6.69. The van der Waals surface area contributed by atoms with Crippen molar-refractivity contribution in [3.8, 4) is 16.9 Å². The molecule has 2 unspecified atom stereocenters. The van der Waals surface area contributed by atoms with Gasteiger partial charge in [-0.1, -0.05) is 11.3 Å². The monoisotopic (exact) mass is 564 g/mol. The Labute approximate surface area is 235 Å². The van der Waals surface area contributed by atoms with E-state index in [1.54, 1.807) is 46.0 Å². The molecular weight excluding hydrogens is 533 g/mol. The number of likely N-dealkylation sites (N-methyl/N-ethyl adjacent to an activating group) is 1. The van der Waals surface area contributed by atoms with E-state index in [1.165, 1.54) is 6.07 Å². The maximum absolute atomic E-state index is 13.8. The number of amides is 1. The first-order valence-electron chi connectivity index (χ1n) is 13.5. The number of nitrogens with one attached hydrogen (secondary N) is 1. The van der Waals surface area contributed by atoms with Crippen LogP contribution in [0.4, 0.5) is 18.9 Å². The fourth-order valence-corrected chi connectivity index (χ4v) is 5.85. The highest BCUT2D eigenvalue weighted by atomic mass is 19.4. The van der Waals surface area contributed by atoms with Gasteiger partial charge >= 0.3 is 6.18 Å². The van der Waals surface area contributed by atoms with Crippen LogP contribution < -0.4 is 5.32 Å². The molecule has 4 heterocycles. The van der Waals surface area contributed by atoms with Gasteiger partial charge in [0.1, 0.15) is 5.69 Å². The first kappa shape index (κ1) is 27.2. The predicted molar refractivity (Wildman–Crippen MR) is 148 cm³/mol. The van der Waals surface area contributed by atoms with E-state index in [-0.39, 0.29) is 5.69 Å². The van der Waals surface area contributed by atoms with Crippen molar-refractivity contribution in [2.75, 3.05) is 25.5 Å². The average Bonchev–Trinajstić information content (AvgIpc) is 3.69. The van der Waals surface area contributed by atoms with Crippen LogP contribution in [0, 0.1) is 13.8 Å². The number of aromatic nitrogens is 5. The molecule has 214 valence electrons. The number of benzene rings is 2. The van der Waals surface area contributed by atoms with Gasteiger partial charge < -0.3 is 10.2 Å². The Bertz CT molecular complexity index is 1620. The summed E-state index contributed by atoms with van der Waals surface area (Å²) in [4.78, 5) is 17.8. The number of piperazine rings is 1. The minimum atomic E-state index is -4.53. The van der Waals surface area contributed by atoms with Crippen molar-refractivity contribution < 1.29 is 18.0 Å². The molecule has 2 aliphatic heterocycles. The molecule has 2 bridgehead atoms. The summed E-state index contributed by atoms with van der Waals surface area (Å²) in [5, 5.41) is 15.5. The van der Waals surface area contributed by atoms with Gasteiger partial charge in [0.25, 0.3) is 5.91 Å². The van der Waals surface area contributed by atoms with Crippen LogP contribution in [0.2, 0.25) is 0 Å². The maximum Gasteiger partial charge on any atom is 0.416 e. The van der Waals surface area contributed by atoms with Crippen LogP contribution in [0.5, 0.6) is 0 Å². The smallest absolute Gasteiger partial charge is 0.322 e. The highest BCUT2D eigenvalue weighted by Crippen LogP contribution is 2.35. The standard InChI is InChI=1S/C29H31F3N8O/c1-17-5-6-20(9-27(17)40-16-26(35-36-40)25-12-33-38(4)18(25)2)28(41)34-22-8-19(7-21(10-22)29(30,31)32)13-39-15-23-11-24(39)14-37(23)3/h5-10,12,16,23-24H,11,13-15H2,1-4H3,(H,34,41). The molecule has 2 aromatic carbocycles. The number of hydrogen-bond acceptors (Lipinski definition) is 6. The minimum Gasteiger partial charge on any atom is -0.322 e. The van der Waals surface area contributed by atoms with Gasteiger partial charge in [0.2, 0.25) is 0 Å². The predicted octanol–water partition coefficient (Wildman–Crippen LogP) is 4.44. The van der Waals surface area contributed by atoms with Crippen molar-refractivity contribution in [3.05, 3.63) is 76.7 Å². The van der Waals surface area contributed by atoms with E-state index < -0.39 is 17.6 Å². The average molecular weight is 565 g/mol. The van der Waals surface area contributed by atoms with Gasteiger partial charge in [0, 0.05) is 61.3 Å². The van der Waals surface area contributed by atoms with Crippen molar-refractivity contribution in [3.63, 3.8) is 0 Å². The Morgan fingerprint density at radius 3 is 2.54 bits per heavy atom. The van der Waals surface area contributed by atoms with Gasteiger partial charge in [-0.3, -0.25) is 14.4 Å². The third-order valence-electron chi connectivity index (χ3n) is 8.31. The van der Waals surface area contributed by atoms with Crippen LogP contribution in [0.15, 0.2) is 48.8 Å². The zero-order chi connectivity index (χ0) is 29.1. The normalized spacial score (nSPS) is 19.3. The third-order valence-corrected chi connectivity index (χ3v) is 8.31. The molecule has 2 atom stereocenters. The Hall–Kier alpha value is -4.03. The number of carbonyl (C=O) groups is 1. The highest BCUT2D eigenvalue weighted by molar-refractivity contribution is 6.04. The van der Waals surface area contributed by atoms with Gasteiger partial charge in [0.05, 0.1) is 23.6 Å². The fraction of sp³-hybridized carbons (Fsp3) is 0.379. The van der Waals surface area contributed by atoms with Gasteiger partial charge in [-0.05, 0) is 68.8 Å². The zero-order valence-electron chi connectivity index (χ0n) is 23.3. The number of carbonyl (C=O) groups excluding carboxylic acids is 1. The molecule has 1 amide bonds. The van der Waals surface area contributed by atoms with Crippen molar-refractivity contribution in [1.82, 2.24) is 34.6 Å². The van der Waals surface area contributed by atoms with Crippen LogP contribution in [0.1, 0.15) is 39.2 Å². The Morgan fingerprint density at radius 1 is 1.07 bits per heavy atom. The second kappa shape index (κ2) is 10.1. The molecule has 4 aromatic rings. The molecular formula is C29H31F3N8O. The number of hydrogen-bond donors (Lipinski definition) is 1. The first-order chi connectivity index (χ1) is 19.5. The van der Waals surface area contributed by atoms with Crippen LogP contribution in [-0.2, 0) is 19.8 Å². The summed E-state index contributed by atoms with van der Waals surface area (Å²) >= 11 is 0. The topological polar surface area (TPSA) is 84.1 Å². The lowest BCUT2D eigenvalue weighted by Gasteiger charge is -2.32.